The molecule has 3 nitrogen and oxygen atoms in total. The van der Waals surface area contributed by atoms with Crippen LogP contribution >= 0.6 is 0 Å². The summed E-state index contributed by atoms with van der Waals surface area (Å²) < 4.78 is 5.58. The van der Waals surface area contributed by atoms with Crippen molar-refractivity contribution in [2.24, 2.45) is 0 Å². The molecule has 88 valence electrons. The first-order chi connectivity index (χ1) is 7.71. The lowest BCUT2D eigenvalue weighted by molar-refractivity contribution is 0.232. The molecule has 0 saturated carbocycles. The number of furan rings is 1. The highest BCUT2D eigenvalue weighted by molar-refractivity contribution is 5.32. The Labute approximate surface area is 96.8 Å². The number of nitrogens with zero attached hydrogens (tertiary/aromatic N) is 1. The Hall–Kier alpha value is -0.800. The maximum Gasteiger partial charge on any atom is 0.110 e. The maximum atomic E-state index is 5.58. The van der Waals surface area contributed by atoms with Crippen molar-refractivity contribution in [3.63, 3.8) is 0 Å². The third-order valence-corrected chi connectivity index (χ3v) is 4.11. The van der Waals surface area contributed by atoms with Gasteiger partial charge in [0, 0.05) is 37.7 Å². The molecule has 3 heteroatoms. The van der Waals surface area contributed by atoms with E-state index in [1.807, 2.05) is 6.26 Å². The molecular formula is C13H20N2O. The molecule has 1 saturated heterocycles. The lowest BCUT2D eigenvalue weighted by atomic mass is 9.85. The van der Waals surface area contributed by atoms with Crippen molar-refractivity contribution in [1.82, 2.24) is 10.2 Å². The fourth-order valence-corrected chi connectivity index (χ4v) is 3.12. The fourth-order valence-electron chi connectivity index (χ4n) is 3.12. The number of nitrogens with one attached hydrogen (secondary N) is 1. The van der Waals surface area contributed by atoms with Crippen molar-refractivity contribution in [1.29, 1.82) is 0 Å². The van der Waals surface area contributed by atoms with Gasteiger partial charge in [-0.1, -0.05) is 0 Å². The zero-order valence-corrected chi connectivity index (χ0v) is 10.1. The van der Waals surface area contributed by atoms with Gasteiger partial charge in [-0.2, -0.15) is 0 Å². The summed E-state index contributed by atoms with van der Waals surface area (Å²) in [6.07, 6.45) is 4.08. The Kier molecular flexibility index (Phi) is 2.33. The molecule has 1 aromatic rings. The molecule has 3 heterocycles. The predicted octanol–water partition coefficient (Wildman–Crippen LogP) is 1.73. The van der Waals surface area contributed by atoms with Crippen LogP contribution in [0.1, 0.15) is 31.6 Å². The highest BCUT2D eigenvalue weighted by Crippen LogP contribution is 2.37. The van der Waals surface area contributed by atoms with Crippen molar-refractivity contribution >= 4 is 0 Å². The summed E-state index contributed by atoms with van der Waals surface area (Å²) in [6, 6.07) is 2.80. The lowest BCUT2D eigenvalue weighted by Gasteiger charge is -2.35. The van der Waals surface area contributed by atoms with Gasteiger partial charge in [0.25, 0.3) is 0 Å². The van der Waals surface area contributed by atoms with Crippen LogP contribution in [0.25, 0.3) is 0 Å². The molecule has 0 aromatic carbocycles. The van der Waals surface area contributed by atoms with Gasteiger partial charge in [-0.3, -0.25) is 4.90 Å². The van der Waals surface area contributed by atoms with E-state index in [0.717, 1.165) is 19.5 Å². The first-order valence-electron chi connectivity index (χ1n) is 6.27. The van der Waals surface area contributed by atoms with E-state index in [9.17, 15) is 0 Å². The molecule has 1 N–H and O–H groups in total. The van der Waals surface area contributed by atoms with Gasteiger partial charge < -0.3 is 9.73 Å². The van der Waals surface area contributed by atoms with Gasteiger partial charge in [0.1, 0.15) is 5.76 Å². The molecule has 0 amide bonds. The SMILES string of the molecule is CC(C)N1CCC2(C1)NCCc1occc12. The van der Waals surface area contributed by atoms with Gasteiger partial charge in [0.15, 0.2) is 0 Å². The second kappa shape index (κ2) is 3.60. The van der Waals surface area contributed by atoms with Gasteiger partial charge >= 0.3 is 0 Å². The van der Waals surface area contributed by atoms with Gasteiger partial charge in [-0.05, 0) is 26.3 Å². The molecule has 2 aliphatic heterocycles. The highest BCUT2D eigenvalue weighted by atomic mass is 16.3. The summed E-state index contributed by atoms with van der Waals surface area (Å²) in [4.78, 5) is 2.55. The molecule has 16 heavy (non-hydrogen) atoms. The number of likely N-dealkylation sites (tertiary alicyclic amines) is 1. The first kappa shape index (κ1) is 10.4. The Balaban J connectivity index is 1.92. The van der Waals surface area contributed by atoms with Crippen molar-refractivity contribution in [2.45, 2.75) is 38.3 Å². The molecular weight excluding hydrogens is 200 g/mol. The van der Waals surface area contributed by atoms with E-state index in [1.54, 1.807) is 0 Å². The van der Waals surface area contributed by atoms with Crippen LogP contribution in [-0.4, -0.2) is 30.6 Å². The minimum atomic E-state index is 0.171. The summed E-state index contributed by atoms with van der Waals surface area (Å²) in [5.41, 5.74) is 1.58. The van der Waals surface area contributed by atoms with Crippen LogP contribution in [0.4, 0.5) is 0 Å². The normalized spacial score (nSPS) is 30.2. The molecule has 0 bridgehead atoms. The van der Waals surface area contributed by atoms with E-state index in [4.69, 9.17) is 4.42 Å². The standard InChI is InChI=1S/C13H20N2O/c1-10(2)15-7-5-13(9-15)11-4-8-16-12(11)3-6-14-13/h4,8,10,14H,3,5-7,9H2,1-2H3. The van der Waals surface area contributed by atoms with Gasteiger partial charge in [0.05, 0.1) is 11.8 Å². The van der Waals surface area contributed by atoms with E-state index in [0.29, 0.717) is 6.04 Å². The van der Waals surface area contributed by atoms with Crippen LogP contribution in [0.15, 0.2) is 16.7 Å². The average molecular weight is 220 g/mol. The Morgan fingerprint density at radius 3 is 3.12 bits per heavy atom. The maximum absolute atomic E-state index is 5.58. The molecule has 1 atom stereocenters. The van der Waals surface area contributed by atoms with Gasteiger partial charge in [-0.25, -0.2) is 0 Å². The van der Waals surface area contributed by atoms with E-state index >= 15 is 0 Å². The third-order valence-electron chi connectivity index (χ3n) is 4.11. The number of hydrogen-bond donors (Lipinski definition) is 1. The molecule has 2 aliphatic rings. The van der Waals surface area contributed by atoms with Crippen molar-refractivity contribution in [2.75, 3.05) is 19.6 Å². The molecule has 3 rings (SSSR count). The minimum Gasteiger partial charge on any atom is -0.469 e. The minimum absolute atomic E-state index is 0.171. The van der Waals surface area contributed by atoms with Crippen LogP contribution in [0, 0.1) is 0 Å². The topological polar surface area (TPSA) is 28.4 Å². The monoisotopic (exact) mass is 220 g/mol. The summed E-state index contributed by atoms with van der Waals surface area (Å²) in [6.45, 7) is 7.91. The second-order valence-electron chi connectivity index (χ2n) is 5.33. The Morgan fingerprint density at radius 2 is 2.38 bits per heavy atom. The molecule has 1 aromatic heterocycles. The quantitative estimate of drug-likeness (QED) is 0.781. The van der Waals surface area contributed by atoms with E-state index in [2.05, 4.69) is 30.1 Å². The molecule has 0 aliphatic carbocycles. The largest absolute Gasteiger partial charge is 0.469 e. The van der Waals surface area contributed by atoms with Gasteiger partial charge in [-0.15, -0.1) is 0 Å². The zero-order valence-electron chi connectivity index (χ0n) is 10.1. The van der Waals surface area contributed by atoms with Crippen molar-refractivity contribution in [3.05, 3.63) is 23.7 Å². The summed E-state index contributed by atoms with van der Waals surface area (Å²) in [5.74, 6) is 1.20. The Bertz CT molecular complexity index is 385. The molecule has 1 unspecified atom stereocenters. The molecule has 0 radical (unpaired) electrons. The zero-order chi connectivity index (χ0) is 11.2. The highest BCUT2D eigenvalue weighted by Gasteiger charge is 2.43. The van der Waals surface area contributed by atoms with E-state index < -0.39 is 0 Å². The summed E-state index contributed by atoms with van der Waals surface area (Å²) in [7, 11) is 0. The van der Waals surface area contributed by atoms with E-state index in [-0.39, 0.29) is 5.54 Å². The lowest BCUT2D eigenvalue weighted by Crippen LogP contribution is -2.49. The fraction of sp³-hybridized carbons (Fsp3) is 0.692. The number of hydrogen-bond acceptors (Lipinski definition) is 3. The average Bonchev–Trinajstić information content (AvgIpc) is 2.86. The Morgan fingerprint density at radius 1 is 1.50 bits per heavy atom. The predicted molar refractivity (Wildman–Crippen MR) is 63.4 cm³/mol. The van der Waals surface area contributed by atoms with Crippen LogP contribution in [0.3, 0.4) is 0 Å². The van der Waals surface area contributed by atoms with Crippen LogP contribution in [0.5, 0.6) is 0 Å². The van der Waals surface area contributed by atoms with Crippen LogP contribution in [-0.2, 0) is 12.0 Å². The van der Waals surface area contributed by atoms with Crippen molar-refractivity contribution < 1.29 is 4.42 Å². The third kappa shape index (κ3) is 1.42. The summed E-state index contributed by atoms with van der Waals surface area (Å²) >= 11 is 0. The molecule has 1 fully saturated rings. The molecule has 1 spiro atoms. The smallest absolute Gasteiger partial charge is 0.110 e. The van der Waals surface area contributed by atoms with Crippen LogP contribution < -0.4 is 5.32 Å². The van der Waals surface area contributed by atoms with Crippen LogP contribution in [0.2, 0.25) is 0 Å². The number of fused-ring (bicyclic) bond motifs is 2. The first-order valence-corrected chi connectivity index (χ1v) is 6.27. The second-order valence-corrected chi connectivity index (χ2v) is 5.33. The van der Waals surface area contributed by atoms with E-state index in [1.165, 1.54) is 24.3 Å². The summed E-state index contributed by atoms with van der Waals surface area (Å²) in [5, 5.41) is 3.72. The number of rotatable bonds is 1. The van der Waals surface area contributed by atoms with Crippen molar-refractivity contribution in [3.8, 4) is 0 Å². The van der Waals surface area contributed by atoms with Gasteiger partial charge in [0.2, 0.25) is 0 Å².